The zero-order chi connectivity index (χ0) is 35.9. The van der Waals surface area contributed by atoms with Gasteiger partial charge in [0.05, 0.1) is 11.6 Å². The first-order chi connectivity index (χ1) is 21.9. The van der Waals surface area contributed by atoms with Crippen LogP contribution in [-0.4, -0.2) is 72.8 Å². The maximum absolute atomic E-state index is 13.6. The van der Waals surface area contributed by atoms with Gasteiger partial charge < -0.3 is 37.1 Å². The molecule has 0 radical (unpaired) electrons. The molecule has 6 N–H and O–H groups in total. The molecular formula is C34H59N7O6. The van der Waals surface area contributed by atoms with Gasteiger partial charge in [-0.2, -0.15) is 4.73 Å². The molecule has 13 heteroatoms. The van der Waals surface area contributed by atoms with Crippen LogP contribution in [0.1, 0.15) is 105 Å². The first-order valence-electron chi connectivity index (χ1n) is 16.9. The normalized spacial score (nSPS) is 15.4. The van der Waals surface area contributed by atoms with Gasteiger partial charge in [-0.15, -0.1) is 0 Å². The fraction of sp³-hybridized carbons (Fsp3) is 0.706. The van der Waals surface area contributed by atoms with Gasteiger partial charge in [0.15, 0.2) is 12.4 Å². The lowest BCUT2D eigenvalue weighted by molar-refractivity contribution is -0.605. The van der Waals surface area contributed by atoms with Crippen LogP contribution < -0.4 is 36.6 Å². The van der Waals surface area contributed by atoms with E-state index in [4.69, 9.17) is 0 Å². The number of nitrogens with zero attached hydrogens (tertiary/aromatic N) is 1. The SMILES string of the molecule is CCC[C@H](NC(=O)[C@@H](NC(=O)c1cc[n+]([O-])cc1)[C@@H](C)CC)C(=O)N[C@H](CN[C@@H](C)C(=O)N[C@H](C(=O)NCC)C(C)C)CC(C)(C)C. The third-order valence-electron chi connectivity index (χ3n) is 7.92. The molecule has 1 aromatic rings. The lowest BCUT2D eigenvalue weighted by atomic mass is 9.87. The van der Waals surface area contributed by atoms with Gasteiger partial charge in [-0.25, -0.2) is 0 Å². The first kappa shape index (κ1) is 41.3. The molecule has 6 atom stereocenters. The molecule has 13 nitrogen and oxygen atoms in total. The van der Waals surface area contributed by atoms with Crippen molar-refractivity contribution in [3.8, 4) is 0 Å². The van der Waals surface area contributed by atoms with Crippen LogP contribution in [0.4, 0.5) is 0 Å². The molecule has 0 aromatic carbocycles. The van der Waals surface area contributed by atoms with E-state index in [1.54, 1.807) is 6.92 Å². The predicted molar refractivity (Wildman–Crippen MR) is 182 cm³/mol. The van der Waals surface area contributed by atoms with E-state index in [2.05, 4.69) is 52.7 Å². The van der Waals surface area contributed by atoms with Crippen molar-refractivity contribution < 1.29 is 28.7 Å². The molecule has 0 aliphatic rings. The van der Waals surface area contributed by atoms with E-state index in [1.807, 2.05) is 41.5 Å². The molecule has 0 fully saturated rings. The van der Waals surface area contributed by atoms with Crippen molar-refractivity contribution in [1.82, 2.24) is 31.9 Å². The highest BCUT2D eigenvalue weighted by molar-refractivity contribution is 5.98. The summed E-state index contributed by atoms with van der Waals surface area (Å²) in [5.74, 6) is -2.23. The quantitative estimate of drug-likeness (QED) is 0.0966. The van der Waals surface area contributed by atoms with E-state index >= 15 is 0 Å². The van der Waals surface area contributed by atoms with Crippen LogP contribution in [0.3, 0.4) is 0 Å². The Labute approximate surface area is 280 Å². The van der Waals surface area contributed by atoms with Gasteiger partial charge in [0, 0.05) is 31.3 Å². The van der Waals surface area contributed by atoms with E-state index in [9.17, 15) is 29.2 Å². The first-order valence-corrected chi connectivity index (χ1v) is 16.9. The summed E-state index contributed by atoms with van der Waals surface area (Å²) in [6.45, 7) is 19.8. The summed E-state index contributed by atoms with van der Waals surface area (Å²) < 4.78 is 0.568. The number of likely N-dealkylation sites (N-methyl/N-ethyl adjacent to an activating group) is 1. The van der Waals surface area contributed by atoms with Gasteiger partial charge in [-0.3, -0.25) is 24.0 Å². The molecule has 266 valence electrons. The summed E-state index contributed by atoms with van der Waals surface area (Å²) in [5.41, 5.74) is 0.0788. The Morgan fingerprint density at radius 2 is 1.43 bits per heavy atom. The van der Waals surface area contributed by atoms with Gasteiger partial charge in [-0.05, 0) is 43.9 Å². The number of aromatic nitrogens is 1. The minimum absolute atomic E-state index is 0.103. The number of hydrogen-bond donors (Lipinski definition) is 6. The van der Waals surface area contributed by atoms with E-state index in [1.165, 1.54) is 24.5 Å². The van der Waals surface area contributed by atoms with Crippen LogP contribution in [0.2, 0.25) is 0 Å². The van der Waals surface area contributed by atoms with Crippen molar-refractivity contribution in [2.45, 2.75) is 125 Å². The summed E-state index contributed by atoms with van der Waals surface area (Å²) in [6, 6.07) is -0.678. The lowest BCUT2D eigenvalue weighted by Gasteiger charge is -2.31. The molecule has 0 saturated heterocycles. The Hall–Kier alpha value is -3.74. The molecule has 47 heavy (non-hydrogen) atoms. The molecule has 0 bridgehead atoms. The van der Waals surface area contributed by atoms with E-state index in [0.29, 0.717) is 37.0 Å². The standard InChI is InChI=1S/C34H59N7O6/c1-11-14-26(38-33(46)28(22(6)12-2)40-30(43)24-15-17-41(47)18-16-24)31(44)37-25(19-34(8,9)10)20-36-23(7)29(42)39-27(21(4)5)32(45)35-13-3/h15-18,21-23,25-28,36H,11-14,19-20H2,1-10H3,(H,35,45)(H,37,44)(H,38,46)(H,39,42)(H,40,43)/t22-,23-,25-,26-,27-,28-/m0/s1. The summed E-state index contributed by atoms with van der Waals surface area (Å²) in [6.07, 6.45) is 4.61. The molecule has 1 rings (SSSR count). The van der Waals surface area contributed by atoms with Crippen molar-refractivity contribution in [2.75, 3.05) is 13.1 Å². The van der Waals surface area contributed by atoms with Gasteiger partial charge in [-0.1, -0.05) is 68.2 Å². The zero-order valence-electron chi connectivity index (χ0n) is 30.0. The highest BCUT2D eigenvalue weighted by Gasteiger charge is 2.32. The van der Waals surface area contributed by atoms with Crippen LogP contribution in [0.5, 0.6) is 0 Å². The predicted octanol–water partition coefficient (Wildman–Crippen LogP) is 1.93. The average Bonchev–Trinajstić information content (AvgIpc) is 2.99. The van der Waals surface area contributed by atoms with Crippen LogP contribution in [-0.2, 0) is 19.2 Å². The summed E-state index contributed by atoms with van der Waals surface area (Å²) in [5, 5.41) is 28.9. The summed E-state index contributed by atoms with van der Waals surface area (Å²) in [4.78, 5) is 65.5. The lowest BCUT2D eigenvalue weighted by Crippen LogP contribution is -2.58. The third kappa shape index (κ3) is 14.7. The number of carbonyl (C=O) groups is 5. The number of hydrogen-bond acceptors (Lipinski definition) is 7. The second-order valence-corrected chi connectivity index (χ2v) is 13.9. The van der Waals surface area contributed by atoms with Gasteiger partial charge in [0.25, 0.3) is 5.91 Å². The Bertz CT molecular complexity index is 1170. The maximum atomic E-state index is 13.6. The highest BCUT2D eigenvalue weighted by atomic mass is 16.5. The maximum Gasteiger partial charge on any atom is 0.252 e. The van der Waals surface area contributed by atoms with Gasteiger partial charge in [0.2, 0.25) is 23.6 Å². The van der Waals surface area contributed by atoms with Crippen LogP contribution >= 0.6 is 0 Å². The van der Waals surface area contributed by atoms with Crippen molar-refractivity contribution >= 4 is 29.5 Å². The topological polar surface area (TPSA) is 184 Å². The molecule has 0 aliphatic heterocycles. The molecule has 0 unspecified atom stereocenters. The number of amides is 5. The Morgan fingerprint density at radius 1 is 0.809 bits per heavy atom. The van der Waals surface area contributed by atoms with Crippen molar-refractivity contribution in [3.05, 3.63) is 35.3 Å². The van der Waals surface area contributed by atoms with Crippen LogP contribution in [0.15, 0.2) is 24.5 Å². The van der Waals surface area contributed by atoms with E-state index < -0.39 is 36.0 Å². The summed E-state index contributed by atoms with van der Waals surface area (Å²) >= 11 is 0. The second-order valence-electron chi connectivity index (χ2n) is 13.9. The number of rotatable bonds is 19. The Kier molecular flexibility index (Phi) is 17.4. The Morgan fingerprint density at radius 3 is 1.94 bits per heavy atom. The van der Waals surface area contributed by atoms with E-state index in [0.717, 1.165) is 0 Å². The molecule has 1 heterocycles. The number of pyridine rings is 1. The number of nitrogens with one attached hydrogen (secondary N) is 6. The molecule has 0 spiro atoms. The molecule has 1 aromatic heterocycles. The highest BCUT2D eigenvalue weighted by Crippen LogP contribution is 2.21. The second kappa shape index (κ2) is 19.8. The minimum atomic E-state index is -0.903. The van der Waals surface area contributed by atoms with Crippen molar-refractivity contribution in [2.24, 2.45) is 17.3 Å². The average molecular weight is 662 g/mol. The molecule has 0 aliphatic carbocycles. The van der Waals surface area contributed by atoms with Crippen molar-refractivity contribution in [1.29, 1.82) is 0 Å². The minimum Gasteiger partial charge on any atom is -0.619 e. The van der Waals surface area contributed by atoms with Gasteiger partial charge in [0.1, 0.15) is 18.1 Å². The smallest absolute Gasteiger partial charge is 0.252 e. The fourth-order valence-electron chi connectivity index (χ4n) is 5.03. The molecule has 5 amide bonds. The van der Waals surface area contributed by atoms with Crippen LogP contribution in [0.25, 0.3) is 0 Å². The van der Waals surface area contributed by atoms with E-state index in [-0.39, 0.29) is 53.1 Å². The monoisotopic (exact) mass is 661 g/mol. The van der Waals surface area contributed by atoms with Crippen LogP contribution in [0, 0.1) is 22.5 Å². The Balaban J connectivity index is 3.03. The van der Waals surface area contributed by atoms with Gasteiger partial charge >= 0.3 is 0 Å². The van der Waals surface area contributed by atoms with Crippen molar-refractivity contribution in [3.63, 3.8) is 0 Å². The molecular weight excluding hydrogens is 602 g/mol. The molecule has 0 saturated carbocycles. The summed E-state index contributed by atoms with van der Waals surface area (Å²) in [7, 11) is 0. The zero-order valence-corrected chi connectivity index (χ0v) is 30.0. The number of carbonyl (C=O) groups excluding carboxylic acids is 5. The third-order valence-corrected chi connectivity index (χ3v) is 7.92. The largest absolute Gasteiger partial charge is 0.619 e. The fourth-order valence-corrected chi connectivity index (χ4v) is 5.03.